The molecule has 0 aliphatic heterocycles. The van der Waals surface area contributed by atoms with Gasteiger partial charge >= 0.3 is 0 Å². The number of carbonyl (C=O) groups is 1. The van der Waals surface area contributed by atoms with E-state index in [1.165, 1.54) is 34.3 Å². The van der Waals surface area contributed by atoms with Crippen LogP contribution >= 0.6 is 0 Å². The maximum absolute atomic E-state index is 13.3. The maximum Gasteiger partial charge on any atom is 0.255 e. The van der Waals surface area contributed by atoms with E-state index in [2.05, 4.69) is 66.2 Å². The number of anilines is 3. The van der Waals surface area contributed by atoms with Crippen molar-refractivity contribution in [1.29, 1.82) is 0 Å². The molecule has 0 fully saturated rings. The molecule has 4 rings (SSSR count). The second kappa shape index (κ2) is 10.1. The van der Waals surface area contributed by atoms with Crippen LogP contribution in [-0.2, 0) is 6.54 Å². The number of aryl methyl sites for hydroxylation is 2. The standard InChI is InChI=1S/C28H31FN4O/c1-19-20(2)33(16-6-15-32(3)4)27-14-13-25(18-26(19)27)30-23-11-9-21(10-12-23)28(34)31-24-8-5-7-22(29)17-24/h5,7-14,17-18,30H,6,15-16H2,1-4H3,(H,31,34). The van der Waals surface area contributed by atoms with Crippen molar-refractivity contribution in [2.24, 2.45) is 0 Å². The number of hydrogen-bond acceptors (Lipinski definition) is 3. The van der Waals surface area contributed by atoms with E-state index in [9.17, 15) is 9.18 Å². The minimum atomic E-state index is -0.386. The molecule has 2 N–H and O–H groups in total. The Bertz CT molecular complexity index is 1310. The molecule has 0 unspecified atom stereocenters. The summed E-state index contributed by atoms with van der Waals surface area (Å²) in [6, 6.07) is 19.6. The zero-order valence-corrected chi connectivity index (χ0v) is 20.2. The Morgan fingerprint density at radius 3 is 2.38 bits per heavy atom. The van der Waals surface area contributed by atoms with Crippen molar-refractivity contribution >= 4 is 33.9 Å². The molecule has 34 heavy (non-hydrogen) atoms. The highest BCUT2D eigenvalue weighted by Crippen LogP contribution is 2.29. The van der Waals surface area contributed by atoms with Crippen molar-refractivity contribution in [3.05, 3.63) is 89.4 Å². The van der Waals surface area contributed by atoms with Crippen molar-refractivity contribution < 1.29 is 9.18 Å². The van der Waals surface area contributed by atoms with Crippen molar-refractivity contribution in [3.63, 3.8) is 0 Å². The largest absolute Gasteiger partial charge is 0.356 e. The van der Waals surface area contributed by atoms with Crippen molar-refractivity contribution in [2.75, 3.05) is 31.3 Å². The number of halogens is 1. The van der Waals surface area contributed by atoms with Gasteiger partial charge in [-0.05, 0) is 107 Å². The molecule has 6 heteroatoms. The van der Waals surface area contributed by atoms with Gasteiger partial charge in [-0.1, -0.05) is 6.07 Å². The van der Waals surface area contributed by atoms with Gasteiger partial charge in [0, 0.05) is 45.8 Å². The van der Waals surface area contributed by atoms with E-state index in [1.807, 2.05) is 12.1 Å². The Hall–Kier alpha value is -3.64. The van der Waals surface area contributed by atoms with Crippen LogP contribution in [0.25, 0.3) is 10.9 Å². The molecule has 0 aliphatic carbocycles. The molecule has 1 aromatic heterocycles. The average molecular weight is 459 g/mol. The molecule has 0 saturated carbocycles. The van der Waals surface area contributed by atoms with Crippen LogP contribution in [0.2, 0.25) is 0 Å². The van der Waals surface area contributed by atoms with Crippen LogP contribution in [0.15, 0.2) is 66.7 Å². The number of amides is 1. The normalized spacial score (nSPS) is 11.2. The van der Waals surface area contributed by atoms with Gasteiger partial charge in [0.2, 0.25) is 0 Å². The summed E-state index contributed by atoms with van der Waals surface area (Å²) in [6.07, 6.45) is 1.11. The fraction of sp³-hybridized carbons (Fsp3) is 0.250. The zero-order valence-electron chi connectivity index (χ0n) is 20.2. The topological polar surface area (TPSA) is 49.3 Å². The van der Waals surface area contributed by atoms with Gasteiger partial charge in [0.1, 0.15) is 5.82 Å². The monoisotopic (exact) mass is 458 g/mol. The second-order valence-electron chi connectivity index (χ2n) is 8.92. The first-order valence-corrected chi connectivity index (χ1v) is 11.5. The molecule has 0 atom stereocenters. The third kappa shape index (κ3) is 5.29. The molecule has 5 nitrogen and oxygen atoms in total. The lowest BCUT2D eigenvalue weighted by atomic mass is 10.1. The third-order valence-electron chi connectivity index (χ3n) is 6.14. The van der Waals surface area contributed by atoms with E-state index < -0.39 is 0 Å². The van der Waals surface area contributed by atoms with Crippen LogP contribution in [0, 0.1) is 19.7 Å². The highest BCUT2D eigenvalue weighted by molar-refractivity contribution is 6.04. The number of hydrogen-bond donors (Lipinski definition) is 2. The molecule has 3 aromatic carbocycles. The van der Waals surface area contributed by atoms with Crippen LogP contribution in [0.4, 0.5) is 21.5 Å². The molecule has 0 saturated heterocycles. The second-order valence-corrected chi connectivity index (χ2v) is 8.92. The fourth-order valence-corrected chi connectivity index (χ4v) is 4.20. The van der Waals surface area contributed by atoms with Crippen LogP contribution in [0.3, 0.4) is 0 Å². The Labute approximate surface area is 200 Å². The smallest absolute Gasteiger partial charge is 0.255 e. The van der Waals surface area contributed by atoms with E-state index in [1.54, 1.807) is 24.3 Å². The van der Waals surface area contributed by atoms with E-state index >= 15 is 0 Å². The van der Waals surface area contributed by atoms with E-state index in [4.69, 9.17) is 0 Å². The van der Waals surface area contributed by atoms with Crippen LogP contribution < -0.4 is 10.6 Å². The molecule has 0 spiro atoms. The van der Waals surface area contributed by atoms with Crippen molar-refractivity contribution in [1.82, 2.24) is 9.47 Å². The summed E-state index contributed by atoms with van der Waals surface area (Å²) in [7, 11) is 4.21. The van der Waals surface area contributed by atoms with Gasteiger partial charge in [-0.3, -0.25) is 4.79 Å². The first-order valence-electron chi connectivity index (χ1n) is 11.5. The van der Waals surface area contributed by atoms with E-state index in [-0.39, 0.29) is 11.7 Å². The summed E-state index contributed by atoms with van der Waals surface area (Å²) in [5, 5.41) is 7.40. The highest BCUT2D eigenvalue weighted by Gasteiger charge is 2.12. The lowest BCUT2D eigenvalue weighted by Gasteiger charge is -2.12. The molecular weight excluding hydrogens is 427 g/mol. The SMILES string of the molecule is Cc1c(C)n(CCCN(C)C)c2ccc(Nc3ccc(C(=O)Nc4cccc(F)c4)cc3)cc12. The number of carbonyl (C=O) groups excluding carboxylic acids is 1. The lowest BCUT2D eigenvalue weighted by molar-refractivity contribution is 0.102. The average Bonchev–Trinajstić information content (AvgIpc) is 3.04. The first kappa shape index (κ1) is 23.5. The Kier molecular flexibility index (Phi) is 6.98. The fourth-order valence-electron chi connectivity index (χ4n) is 4.20. The van der Waals surface area contributed by atoms with Gasteiger partial charge in [0.15, 0.2) is 0 Å². The molecule has 0 radical (unpaired) electrons. The Balaban J connectivity index is 1.47. The molecule has 4 aromatic rings. The van der Waals surface area contributed by atoms with E-state index in [0.29, 0.717) is 11.3 Å². The Morgan fingerprint density at radius 1 is 0.941 bits per heavy atom. The number of benzene rings is 3. The highest BCUT2D eigenvalue weighted by atomic mass is 19.1. The van der Waals surface area contributed by atoms with Crippen LogP contribution in [0.5, 0.6) is 0 Å². The summed E-state index contributed by atoms with van der Waals surface area (Å²) in [6.45, 7) is 6.43. The number of rotatable bonds is 8. The quantitative estimate of drug-likeness (QED) is 0.324. The predicted octanol–water partition coefficient (Wildman–Crippen LogP) is 6.34. The number of nitrogens with one attached hydrogen (secondary N) is 2. The number of fused-ring (bicyclic) bond motifs is 1. The third-order valence-corrected chi connectivity index (χ3v) is 6.14. The molecule has 0 bridgehead atoms. The molecular formula is C28H31FN4O. The van der Waals surface area contributed by atoms with Gasteiger partial charge in [0.05, 0.1) is 0 Å². The van der Waals surface area contributed by atoms with Gasteiger partial charge < -0.3 is 20.1 Å². The van der Waals surface area contributed by atoms with Crippen molar-refractivity contribution in [2.45, 2.75) is 26.8 Å². The lowest BCUT2D eigenvalue weighted by Crippen LogP contribution is -2.15. The molecule has 0 aliphatic rings. The molecule has 1 heterocycles. The summed E-state index contributed by atoms with van der Waals surface area (Å²) in [4.78, 5) is 14.7. The van der Waals surface area contributed by atoms with Gasteiger partial charge in [-0.25, -0.2) is 4.39 Å². The summed E-state index contributed by atoms with van der Waals surface area (Å²) in [5.74, 6) is -0.663. The van der Waals surface area contributed by atoms with Crippen molar-refractivity contribution in [3.8, 4) is 0 Å². The van der Waals surface area contributed by atoms with Gasteiger partial charge in [0.25, 0.3) is 5.91 Å². The van der Waals surface area contributed by atoms with Gasteiger partial charge in [-0.15, -0.1) is 0 Å². The Morgan fingerprint density at radius 2 is 1.68 bits per heavy atom. The summed E-state index contributed by atoms with van der Waals surface area (Å²) in [5.41, 5.74) is 6.68. The summed E-state index contributed by atoms with van der Waals surface area (Å²) >= 11 is 0. The minimum absolute atomic E-state index is 0.278. The number of aromatic nitrogens is 1. The maximum atomic E-state index is 13.3. The summed E-state index contributed by atoms with van der Waals surface area (Å²) < 4.78 is 15.8. The number of nitrogens with zero attached hydrogens (tertiary/aromatic N) is 2. The molecule has 1 amide bonds. The first-order chi connectivity index (χ1) is 16.3. The predicted molar refractivity (Wildman–Crippen MR) is 139 cm³/mol. The molecule has 176 valence electrons. The minimum Gasteiger partial charge on any atom is -0.356 e. The van der Waals surface area contributed by atoms with Gasteiger partial charge in [-0.2, -0.15) is 0 Å². The van der Waals surface area contributed by atoms with Crippen LogP contribution in [-0.4, -0.2) is 36.0 Å². The van der Waals surface area contributed by atoms with E-state index in [0.717, 1.165) is 30.9 Å². The zero-order chi connectivity index (χ0) is 24.2. The van der Waals surface area contributed by atoms with Crippen LogP contribution in [0.1, 0.15) is 28.0 Å².